The quantitative estimate of drug-likeness (QED) is 0.650. The van der Waals surface area contributed by atoms with Crippen LogP contribution in [0, 0.1) is 0 Å². The number of nitrogens with one attached hydrogen (secondary N) is 1. The molecule has 28 heavy (non-hydrogen) atoms. The Morgan fingerprint density at radius 2 is 1.89 bits per heavy atom. The Morgan fingerprint density at radius 1 is 1.14 bits per heavy atom. The predicted molar refractivity (Wildman–Crippen MR) is 113 cm³/mol. The zero-order chi connectivity index (χ0) is 19.7. The largest absolute Gasteiger partial charge is 0.336 e. The molecule has 1 amide bonds. The number of fused-ring (bicyclic) bond motifs is 1. The molecule has 1 aliphatic rings. The predicted octanol–water partition coefficient (Wildman–Crippen LogP) is 3.30. The van der Waals surface area contributed by atoms with Gasteiger partial charge in [0.25, 0.3) is 11.5 Å². The lowest BCUT2D eigenvalue weighted by atomic mass is 10.2. The standard InChI is InChI=1S/C20H18BrClN4O2/c21-13-5-6-16(22)15(11-13)20(28)26-9-7-25(8-10-26)12-18-23-17-4-2-1-3-14(17)19(27)24-18/h1-6,11H,7-10,12H2,(H,23,24,27). The fourth-order valence-corrected chi connectivity index (χ4v) is 3.92. The van der Waals surface area contributed by atoms with E-state index in [0.717, 1.165) is 4.47 Å². The molecule has 1 N–H and O–H groups in total. The lowest BCUT2D eigenvalue weighted by molar-refractivity contribution is 0.0625. The molecule has 1 aromatic heterocycles. The summed E-state index contributed by atoms with van der Waals surface area (Å²) in [7, 11) is 0. The zero-order valence-electron chi connectivity index (χ0n) is 15.0. The van der Waals surface area contributed by atoms with Gasteiger partial charge in [-0.1, -0.05) is 39.7 Å². The Labute approximate surface area is 175 Å². The summed E-state index contributed by atoms with van der Waals surface area (Å²) < 4.78 is 0.824. The van der Waals surface area contributed by atoms with Gasteiger partial charge in [0.2, 0.25) is 0 Å². The Balaban J connectivity index is 1.42. The number of para-hydroxylation sites is 1. The van der Waals surface area contributed by atoms with Gasteiger partial charge in [0.15, 0.2) is 0 Å². The number of piperazine rings is 1. The third-order valence-electron chi connectivity index (χ3n) is 4.85. The molecule has 6 nitrogen and oxygen atoms in total. The number of aromatic amines is 1. The van der Waals surface area contributed by atoms with Crippen LogP contribution in [0.25, 0.3) is 10.9 Å². The summed E-state index contributed by atoms with van der Waals surface area (Å²) in [5.74, 6) is 0.571. The summed E-state index contributed by atoms with van der Waals surface area (Å²) in [6, 6.07) is 12.6. The Kier molecular flexibility index (Phi) is 5.48. The summed E-state index contributed by atoms with van der Waals surface area (Å²) in [6.07, 6.45) is 0. The van der Waals surface area contributed by atoms with Gasteiger partial charge in [0, 0.05) is 30.7 Å². The molecular weight excluding hydrogens is 444 g/mol. The van der Waals surface area contributed by atoms with Crippen LogP contribution < -0.4 is 5.56 Å². The molecule has 0 unspecified atom stereocenters. The molecule has 3 aromatic rings. The second-order valence-corrected chi connectivity index (χ2v) is 8.05. The van der Waals surface area contributed by atoms with Crippen molar-refractivity contribution in [1.82, 2.24) is 19.8 Å². The Hall–Kier alpha value is -2.22. The fraction of sp³-hybridized carbons (Fsp3) is 0.250. The van der Waals surface area contributed by atoms with Gasteiger partial charge in [-0.05, 0) is 30.3 Å². The number of carbonyl (C=O) groups is 1. The first-order valence-corrected chi connectivity index (χ1v) is 10.1. The van der Waals surface area contributed by atoms with Crippen LogP contribution in [0.2, 0.25) is 5.02 Å². The lowest BCUT2D eigenvalue weighted by Gasteiger charge is -2.34. The van der Waals surface area contributed by atoms with Gasteiger partial charge in [-0.15, -0.1) is 0 Å². The zero-order valence-corrected chi connectivity index (χ0v) is 17.3. The van der Waals surface area contributed by atoms with Crippen LogP contribution >= 0.6 is 27.5 Å². The van der Waals surface area contributed by atoms with E-state index in [2.05, 4.69) is 30.8 Å². The molecule has 144 valence electrons. The van der Waals surface area contributed by atoms with E-state index in [1.54, 1.807) is 23.1 Å². The molecule has 0 atom stereocenters. The molecule has 0 aliphatic carbocycles. The first kappa shape index (κ1) is 19.1. The third kappa shape index (κ3) is 3.97. The average molecular weight is 462 g/mol. The van der Waals surface area contributed by atoms with Crippen LogP contribution in [0.1, 0.15) is 16.2 Å². The number of H-pyrrole nitrogens is 1. The number of aromatic nitrogens is 2. The smallest absolute Gasteiger partial charge is 0.258 e. The van der Waals surface area contributed by atoms with Crippen molar-refractivity contribution in [1.29, 1.82) is 0 Å². The number of rotatable bonds is 3. The molecule has 0 spiro atoms. The number of carbonyl (C=O) groups excluding carboxylic acids is 1. The number of nitrogens with zero attached hydrogens (tertiary/aromatic N) is 3. The number of amides is 1. The van der Waals surface area contributed by atoms with Crippen molar-refractivity contribution in [2.75, 3.05) is 26.2 Å². The molecule has 0 saturated carbocycles. The van der Waals surface area contributed by atoms with E-state index in [0.29, 0.717) is 60.0 Å². The van der Waals surface area contributed by atoms with E-state index >= 15 is 0 Å². The van der Waals surface area contributed by atoms with Gasteiger partial charge in [-0.2, -0.15) is 0 Å². The SMILES string of the molecule is O=C(c1cc(Br)ccc1Cl)N1CCN(Cc2nc3ccccc3c(=O)[nH]2)CC1. The first-order valence-electron chi connectivity index (χ1n) is 8.96. The second-order valence-electron chi connectivity index (χ2n) is 6.72. The molecule has 1 fully saturated rings. The van der Waals surface area contributed by atoms with Gasteiger partial charge in [-0.25, -0.2) is 4.98 Å². The number of hydrogen-bond donors (Lipinski definition) is 1. The van der Waals surface area contributed by atoms with Crippen molar-refractivity contribution in [3.63, 3.8) is 0 Å². The number of benzene rings is 2. The van der Waals surface area contributed by atoms with Gasteiger partial charge in [0.1, 0.15) is 5.82 Å². The summed E-state index contributed by atoms with van der Waals surface area (Å²) in [5.41, 5.74) is 1.07. The van der Waals surface area contributed by atoms with Crippen molar-refractivity contribution in [3.05, 3.63) is 73.7 Å². The van der Waals surface area contributed by atoms with Crippen molar-refractivity contribution in [2.45, 2.75) is 6.54 Å². The summed E-state index contributed by atoms with van der Waals surface area (Å²) >= 11 is 9.57. The van der Waals surface area contributed by atoms with Gasteiger partial charge >= 0.3 is 0 Å². The minimum atomic E-state index is -0.126. The molecule has 2 aromatic carbocycles. The van der Waals surface area contributed by atoms with Gasteiger partial charge in [0.05, 0.1) is 28.0 Å². The summed E-state index contributed by atoms with van der Waals surface area (Å²) in [6.45, 7) is 3.14. The molecular formula is C20H18BrClN4O2. The second kappa shape index (κ2) is 8.03. The van der Waals surface area contributed by atoms with E-state index in [-0.39, 0.29) is 11.5 Å². The molecule has 0 radical (unpaired) electrons. The van der Waals surface area contributed by atoms with Crippen molar-refractivity contribution >= 4 is 44.3 Å². The maximum absolute atomic E-state index is 12.8. The molecule has 1 aliphatic heterocycles. The van der Waals surface area contributed by atoms with E-state index in [1.807, 2.05) is 24.3 Å². The minimum absolute atomic E-state index is 0.0665. The van der Waals surface area contributed by atoms with Crippen molar-refractivity contribution in [2.24, 2.45) is 0 Å². The highest BCUT2D eigenvalue weighted by Crippen LogP contribution is 2.23. The number of halogens is 2. The highest BCUT2D eigenvalue weighted by atomic mass is 79.9. The summed E-state index contributed by atoms with van der Waals surface area (Å²) in [4.78, 5) is 36.4. The average Bonchev–Trinajstić information content (AvgIpc) is 2.70. The Bertz CT molecular complexity index is 1090. The maximum atomic E-state index is 12.8. The maximum Gasteiger partial charge on any atom is 0.258 e. The third-order valence-corrected chi connectivity index (χ3v) is 5.68. The molecule has 4 rings (SSSR count). The van der Waals surface area contributed by atoms with Crippen molar-refractivity contribution < 1.29 is 4.79 Å². The lowest BCUT2D eigenvalue weighted by Crippen LogP contribution is -2.48. The van der Waals surface area contributed by atoms with E-state index in [9.17, 15) is 9.59 Å². The van der Waals surface area contributed by atoms with Gasteiger partial charge in [-0.3, -0.25) is 14.5 Å². The summed E-state index contributed by atoms with van der Waals surface area (Å²) in [5, 5.41) is 1.04. The fourth-order valence-electron chi connectivity index (χ4n) is 3.36. The van der Waals surface area contributed by atoms with Crippen LogP contribution in [-0.4, -0.2) is 51.9 Å². The molecule has 2 heterocycles. The molecule has 8 heteroatoms. The highest BCUT2D eigenvalue weighted by Gasteiger charge is 2.24. The monoisotopic (exact) mass is 460 g/mol. The number of hydrogen-bond acceptors (Lipinski definition) is 4. The Morgan fingerprint density at radius 3 is 2.68 bits per heavy atom. The highest BCUT2D eigenvalue weighted by molar-refractivity contribution is 9.10. The van der Waals surface area contributed by atoms with Gasteiger partial charge < -0.3 is 9.88 Å². The molecule has 1 saturated heterocycles. The normalized spacial score (nSPS) is 15.1. The van der Waals surface area contributed by atoms with E-state index in [4.69, 9.17) is 11.6 Å². The van der Waals surface area contributed by atoms with Crippen molar-refractivity contribution in [3.8, 4) is 0 Å². The van der Waals surface area contributed by atoms with Crippen LogP contribution in [-0.2, 0) is 6.54 Å². The van der Waals surface area contributed by atoms with Crippen LogP contribution in [0.4, 0.5) is 0 Å². The topological polar surface area (TPSA) is 69.3 Å². The molecule has 0 bridgehead atoms. The van der Waals surface area contributed by atoms with Crippen LogP contribution in [0.5, 0.6) is 0 Å². The van der Waals surface area contributed by atoms with Crippen LogP contribution in [0.15, 0.2) is 51.7 Å². The van der Waals surface area contributed by atoms with Crippen LogP contribution in [0.3, 0.4) is 0 Å². The van der Waals surface area contributed by atoms with E-state index in [1.165, 1.54) is 0 Å². The first-order chi connectivity index (χ1) is 13.5. The minimum Gasteiger partial charge on any atom is -0.336 e. The van der Waals surface area contributed by atoms with E-state index < -0.39 is 0 Å².